The fourth-order valence-electron chi connectivity index (χ4n) is 2.65. The van der Waals surface area contributed by atoms with Crippen LogP contribution in [0.2, 0.25) is 0 Å². The Morgan fingerprint density at radius 2 is 1.90 bits per heavy atom. The molecular formula is C14H13N3O4. The van der Waals surface area contributed by atoms with Crippen LogP contribution in [0.4, 0.5) is 0 Å². The highest BCUT2D eigenvalue weighted by Crippen LogP contribution is 2.29. The van der Waals surface area contributed by atoms with E-state index in [1.54, 1.807) is 31.3 Å². The summed E-state index contributed by atoms with van der Waals surface area (Å²) >= 11 is 0. The van der Waals surface area contributed by atoms with Gasteiger partial charge in [0.2, 0.25) is 5.91 Å². The molecule has 2 aliphatic rings. The summed E-state index contributed by atoms with van der Waals surface area (Å²) in [5, 5.41) is 8.10. The van der Waals surface area contributed by atoms with Crippen LogP contribution < -0.4 is 5.32 Å². The quantitative estimate of drug-likeness (QED) is 0.599. The Bertz CT molecular complexity index is 665. The topological polar surface area (TPSA) is 88.1 Å². The number of likely N-dealkylation sites (N-methyl/N-ethyl adjacent to an activating group) is 1. The van der Waals surface area contributed by atoms with Crippen molar-refractivity contribution in [3.63, 3.8) is 0 Å². The molecule has 0 unspecified atom stereocenters. The van der Waals surface area contributed by atoms with Gasteiger partial charge in [-0.15, -0.1) is 0 Å². The number of rotatable bonds is 2. The number of methoxy groups -OCH3 is 1. The molecule has 2 heterocycles. The van der Waals surface area contributed by atoms with Crippen molar-refractivity contribution in [1.82, 2.24) is 10.3 Å². The van der Waals surface area contributed by atoms with Gasteiger partial charge in [-0.1, -0.05) is 12.1 Å². The second-order valence-corrected chi connectivity index (χ2v) is 4.90. The van der Waals surface area contributed by atoms with Gasteiger partial charge in [-0.05, 0) is 17.7 Å². The highest BCUT2D eigenvalue weighted by Gasteiger charge is 2.51. The number of carbonyl (C=O) groups excluding carboxylic acids is 3. The number of ether oxygens (including phenoxy) is 1. The van der Waals surface area contributed by atoms with Gasteiger partial charge in [-0.3, -0.25) is 19.9 Å². The lowest BCUT2D eigenvalue weighted by Crippen LogP contribution is -2.35. The van der Waals surface area contributed by atoms with Crippen molar-refractivity contribution in [2.75, 3.05) is 14.2 Å². The summed E-state index contributed by atoms with van der Waals surface area (Å²) in [4.78, 5) is 35.0. The molecule has 2 atom stereocenters. The molecule has 1 aromatic carbocycles. The summed E-state index contributed by atoms with van der Waals surface area (Å²) in [5.74, 6) is -1.72. The Hall–Kier alpha value is -2.70. The minimum absolute atomic E-state index is 0.336. The molecule has 21 heavy (non-hydrogen) atoms. The molecular weight excluding hydrogens is 274 g/mol. The molecule has 1 aromatic rings. The maximum absolute atomic E-state index is 11.9. The normalized spacial score (nSPS) is 23.7. The maximum Gasteiger partial charge on any atom is 0.337 e. The summed E-state index contributed by atoms with van der Waals surface area (Å²) in [7, 11) is 2.97. The summed E-state index contributed by atoms with van der Waals surface area (Å²) in [5.41, 5.74) is 1.64. The first-order valence-corrected chi connectivity index (χ1v) is 6.37. The van der Waals surface area contributed by atoms with Crippen molar-refractivity contribution in [1.29, 1.82) is 0 Å². The van der Waals surface area contributed by atoms with Gasteiger partial charge in [0.25, 0.3) is 5.91 Å². The summed E-state index contributed by atoms with van der Waals surface area (Å²) in [6, 6.07) is 6.00. The van der Waals surface area contributed by atoms with Crippen LogP contribution in [-0.2, 0) is 14.3 Å². The number of amides is 2. The largest absolute Gasteiger partial charge is 0.465 e. The first-order valence-electron chi connectivity index (χ1n) is 6.37. The van der Waals surface area contributed by atoms with Gasteiger partial charge in [0.1, 0.15) is 12.0 Å². The van der Waals surface area contributed by atoms with E-state index in [0.29, 0.717) is 16.8 Å². The van der Waals surface area contributed by atoms with Crippen LogP contribution in [0, 0.1) is 5.92 Å². The van der Waals surface area contributed by atoms with E-state index in [0.717, 1.165) is 0 Å². The van der Waals surface area contributed by atoms with Crippen LogP contribution >= 0.6 is 0 Å². The third kappa shape index (κ3) is 1.97. The first-order chi connectivity index (χ1) is 10.0. The highest BCUT2D eigenvalue weighted by atomic mass is 16.5. The van der Waals surface area contributed by atoms with E-state index in [1.807, 2.05) is 0 Å². The standard InChI is InChI=1S/C14H13N3O4/c1-17-11-9(12(18)15-13(11)19)10(16-17)7-3-5-8(6-4-7)14(20)21-2/h3-6,9,11H,1-2H3,(H,15,18,19)/t9-,11+/m1/s1. The lowest BCUT2D eigenvalue weighted by atomic mass is 9.92. The minimum atomic E-state index is -0.605. The number of nitrogens with zero attached hydrogens (tertiary/aromatic N) is 2. The zero-order valence-corrected chi connectivity index (χ0v) is 11.5. The van der Waals surface area contributed by atoms with E-state index in [9.17, 15) is 14.4 Å². The van der Waals surface area contributed by atoms with Gasteiger partial charge in [-0.2, -0.15) is 5.10 Å². The predicted octanol–water partition coefficient (Wildman–Crippen LogP) is -0.236. The minimum Gasteiger partial charge on any atom is -0.465 e. The van der Waals surface area contributed by atoms with E-state index in [1.165, 1.54) is 12.1 Å². The molecule has 0 aliphatic carbocycles. The Labute approximate surface area is 120 Å². The van der Waals surface area contributed by atoms with Crippen molar-refractivity contribution in [3.8, 4) is 0 Å². The summed E-state index contributed by atoms with van der Waals surface area (Å²) in [6.07, 6.45) is 0. The lowest BCUT2D eigenvalue weighted by molar-refractivity contribution is -0.126. The van der Waals surface area contributed by atoms with E-state index in [4.69, 9.17) is 0 Å². The average Bonchev–Trinajstić information content (AvgIpc) is 2.98. The van der Waals surface area contributed by atoms with Crippen molar-refractivity contribution >= 4 is 23.5 Å². The molecule has 7 nitrogen and oxygen atoms in total. The number of nitrogens with one attached hydrogen (secondary N) is 1. The van der Waals surface area contributed by atoms with Gasteiger partial charge < -0.3 is 4.74 Å². The van der Waals surface area contributed by atoms with Crippen LogP contribution in [0.25, 0.3) is 0 Å². The number of imide groups is 1. The van der Waals surface area contributed by atoms with Gasteiger partial charge in [0.05, 0.1) is 18.4 Å². The van der Waals surface area contributed by atoms with E-state index in [2.05, 4.69) is 15.2 Å². The summed E-state index contributed by atoms with van der Waals surface area (Å²) in [6.45, 7) is 0. The molecule has 3 rings (SSSR count). The van der Waals surface area contributed by atoms with E-state index >= 15 is 0 Å². The van der Waals surface area contributed by atoms with Gasteiger partial charge in [0, 0.05) is 7.05 Å². The van der Waals surface area contributed by atoms with Crippen LogP contribution in [0.15, 0.2) is 29.4 Å². The molecule has 1 fully saturated rings. The van der Waals surface area contributed by atoms with Gasteiger partial charge in [0.15, 0.2) is 0 Å². The fourth-order valence-corrected chi connectivity index (χ4v) is 2.65. The number of benzene rings is 1. The van der Waals surface area contributed by atoms with Gasteiger partial charge in [-0.25, -0.2) is 4.79 Å². The number of esters is 1. The smallest absolute Gasteiger partial charge is 0.337 e. The maximum atomic E-state index is 11.9. The molecule has 0 saturated carbocycles. The second-order valence-electron chi connectivity index (χ2n) is 4.90. The second kappa shape index (κ2) is 4.69. The number of hydrogen-bond donors (Lipinski definition) is 1. The average molecular weight is 287 g/mol. The van der Waals surface area contributed by atoms with E-state index in [-0.39, 0.29) is 11.8 Å². The molecule has 7 heteroatoms. The van der Waals surface area contributed by atoms with Crippen LogP contribution in [0.3, 0.4) is 0 Å². The number of hydrogen-bond acceptors (Lipinski definition) is 6. The lowest BCUT2D eigenvalue weighted by Gasteiger charge is -2.13. The molecule has 1 saturated heterocycles. The first kappa shape index (κ1) is 13.3. The van der Waals surface area contributed by atoms with Crippen molar-refractivity contribution in [2.24, 2.45) is 11.0 Å². The molecule has 0 aromatic heterocycles. The Kier molecular flexibility index (Phi) is 2.97. The molecule has 1 N–H and O–H groups in total. The fraction of sp³-hybridized carbons (Fsp3) is 0.286. The van der Waals surface area contributed by atoms with Crippen molar-refractivity contribution < 1.29 is 19.1 Å². The third-order valence-corrected chi connectivity index (χ3v) is 3.68. The zero-order valence-electron chi connectivity index (χ0n) is 11.5. The third-order valence-electron chi connectivity index (χ3n) is 3.68. The van der Waals surface area contributed by atoms with E-state index < -0.39 is 17.9 Å². The van der Waals surface area contributed by atoms with Crippen LogP contribution in [0.1, 0.15) is 15.9 Å². The van der Waals surface area contributed by atoms with Crippen molar-refractivity contribution in [2.45, 2.75) is 6.04 Å². The molecule has 2 amide bonds. The highest BCUT2D eigenvalue weighted by molar-refractivity contribution is 6.23. The zero-order chi connectivity index (χ0) is 15.1. The Morgan fingerprint density at radius 3 is 2.52 bits per heavy atom. The summed E-state index contributed by atoms with van der Waals surface area (Å²) < 4.78 is 4.63. The molecule has 0 bridgehead atoms. The molecule has 108 valence electrons. The molecule has 0 radical (unpaired) electrons. The Morgan fingerprint density at radius 1 is 1.24 bits per heavy atom. The predicted molar refractivity (Wildman–Crippen MR) is 72.5 cm³/mol. The number of hydrazone groups is 1. The molecule has 0 spiro atoms. The number of fused-ring (bicyclic) bond motifs is 1. The van der Waals surface area contributed by atoms with Crippen molar-refractivity contribution in [3.05, 3.63) is 35.4 Å². The van der Waals surface area contributed by atoms with Gasteiger partial charge >= 0.3 is 5.97 Å². The molecule has 2 aliphatic heterocycles. The SMILES string of the molecule is COC(=O)c1ccc(C2=NN(C)[C@@H]3C(=O)NC(=O)[C@H]23)cc1. The Balaban J connectivity index is 1.94. The monoisotopic (exact) mass is 287 g/mol. The van der Waals surface area contributed by atoms with Crippen LogP contribution in [-0.4, -0.2) is 48.7 Å². The van der Waals surface area contributed by atoms with Crippen LogP contribution in [0.5, 0.6) is 0 Å². The number of carbonyl (C=O) groups is 3.